The van der Waals surface area contributed by atoms with E-state index in [1.165, 1.54) is 0 Å². The summed E-state index contributed by atoms with van der Waals surface area (Å²) in [5.74, 6) is 0. The molecule has 0 atom stereocenters. The predicted molar refractivity (Wildman–Crippen MR) is 49.4 cm³/mol. The molecule has 1 rings (SSSR count). The van der Waals surface area contributed by atoms with E-state index in [0.29, 0.717) is 0 Å². The molecule has 0 radical (unpaired) electrons. The first-order valence-corrected chi connectivity index (χ1v) is 10.0. The van der Waals surface area contributed by atoms with Gasteiger partial charge in [0.2, 0.25) is 0 Å². The van der Waals surface area contributed by atoms with Gasteiger partial charge in [-0.15, -0.1) is 0 Å². The van der Waals surface area contributed by atoms with E-state index in [9.17, 15) is 0 Å². The second-order valence-electron chi connectivity index (χ2n) is 3.35. The topological polar surface area (TPSA) is 0 Å². The van der Waals surface area contributed by atoms with Crippen molar-refractivity contribution in [3.8, 4) is 0 Å². The molecule has 0 spiro atoms. The Bertz CT molecular complexity index is 201. The monoisotopic (exact) mass is 324 g/mol. The third kappa shape index (κ3) is 3.61. The Morgan fingerprint density at radius 3 is 1.64 bits per heavy atom. The van der Waals surface area contributed by atoms with E-state index in [1.54, 1.807) is 4.35 Å². The van der Waals surface area contributed by atoms with Crippen LogP contribution in [0.3, 0.4) is 0 Å². The van der Waals surface area contributed by atoms with Crippen molar-refractivity contribution < 1.29 is 24.0 Å². The normalized spacial score (nSPS) is 10.5. The fourth-order valence-corrected chi connectivity index (χ4v) is 3.11. The van der Waals surface area contributed by atoms with Gasteiger partial charge in [0.05, 0.1) is 0 Å². The van der Waals surface area contributed by atoms with Crippen molar-refractivity contribution in [2.45, 2.75) is 17.1 Å². The van der Waals surface area contributed by atoms with Gasteiger partial charge in [-0.2, -0.15) is 0 Å². The molecule has 0 amide bonds. The fourth-order valence-electron chi connectivity index (χ4n) is 0.875. The second kappa shape index (κ2) is 4.51. The van der Waals surface area contributed by atoms with Crippen molar-refractivity contribution >= 4 is 17.9 Å². The average molecular weight is 324 g/mol. The Labute approximate surface area is 88.9 Å². The SMILES string of the molecule is C[As+](C)(C)c1ccccc1.[I-]. The van der Waals surface area contributed by atoms with Crippen LogP contribution in [0, 0.1) is 0 Å². The Balaban J connectivity index is 0.000001000. The maximum atomic E-state index is 2.40. The number of benzene rings is 1. The molecule has 0 aliphatic heterocycles. The quantitative estimate of drug-likeness (QED) is 0.471. The van der Waals surface area contributed by atoms with Gasteiger partial charge in [0.1, 0.15) is 0 Å². The summed E-state index contributed by atoms with van der Waals surface area (Å²) in [4.78, 5) is 0. The molecule has 0 bridgehead atoms. The molecule has 0 aromatic heterocycles. The number of rotatable bonds is 1. The molecule has 11 heavy (non-hydrogen) atoms. The van der Waals surface area contributed by atoms with Gasteiger partial charge in [0.15, 0.2) is 0 Å². The first-order chi connectivity index (χ1) is 4.61. The minimum Gasteiger partial charge on any atom is -1.00 e. The molecule has 0 heterocycles. The van der Waals surface area contributed by atoms with E-state index in [2.05, 4.69) is 47.5 Å². The number of halogens is 1. The van der Waals surface area contributed by atoms with Crippen LogP contribution in [-0.4, -0.2) is 13.6 Å². The smallest absolute Gasteiger partial charge is 1.00 e. The molecule has 0 fully saturated rings. The Morgan fingerprint density at radius 2 is 1.36 bits per heavy atom. The molecular formula is C9H14AsI. The molecule has 0 saturated carbocycles. The van der Waals surface area contributed by atoms with Crippen LogP contribution >= 0.6 is 0 Å². The summed E-state index contributed by atoms with van der Waals surface area (Å²) in [6.45, 7) is 0. The van der Waals surface area contributed by atoms with Gasteiger partial charge >= 0.3 is 65.4 Å². The third-order valence-electron chi connectivity index (χ3n) is 1.53. The van der Waals surface area contributed by atoms with Crippen LogP contribution in [0.2, 0.25) is 17.1 Å². The molecule has 62 valence electrons. The molecule has 1 aromatic rings. The van der Waals surface area contributed by atoms with Crippen molar-refractivity contribution in [2.24, 2.45) is 0 Å². The van der Waals surface area contributed by atoms with Crippen LogP contribution in [0.25, 0.3) is 0 Å². The summed E-state index contributed by atoms with van der Waals surface area (Å²) in [6, 6.07) is 10.8. The fraction of sp³-hybridized carbons (Fsp3) is 0.333. The first-order valence-electron chi connectivity index (χ1n) is 3.48. The summed E-state index contributed by atoms with van der Waals surface area (Å²) in [6.07, 6.45) is 0. The van der Waals surface area contributed by atoms with Crippen LogP contribution < -0.4 is 28.3 Å². The third-order valence-corrected chi connectivity index (χ3v) is 5.41. The van der Waals surface area contributed by atoms with Gasteiger partial charge in [-0.1, -0.05) is 0 Å². The van der Waals surface area contributed by atoms with Gasteiger partial charge < -0.3 is 24.0 Å². The minimum absolute atomic E-state index is 0. The number of hydrogen-bond acceptors (Lipinski definition) is 0. The van der Waals surface area contributed by atoms with E-state index in [0.717, 1.165) is 0 Å². The summed E-state index contributed by atoms with van der Waals surface area (Å²) >= 11 is -1.35. The van der Waals surface area contributed by atoms with Gasteiger partial charge in [-0.25, -0.2) is 0 Å². The van der Waals surface area contributed by atoms with Crippen LogP contribution in [0.1, 0.15) is 0 Å². The van der Waals surface area contributed by atoms with Crippen molar-refractivity contribution in [3.63, 3.8) is 0 Å². The molecule has 0 nitrogen and oxygen atoms in total. The summed E-state index contributed by atoms with van der Waals surface area (Å²) in [5.41, 5.74) is 7.19. The van der Waals surface area contributed by atoms with E-state index >= 15 is 0 Å². The second-order valence-corrected chi connectivity index (χ2v) is 12.9. The zero-order valence-corrected chi connectivity index (χ0v) is 11.2. The molecule has 2 heteroatoms. The van der Waals surface area contributed by atoms with Crippen molar-refractivity contribution in [1.82, 2.24) is 0 Å². The largest absolute Gasteiger partial charge is 1.00 e. The number of hydrogen-bond donors (Lipinski definition) is 0. The Morgan fingerprint density at radius 1 is 0.909 bits per heavy atom. The standard InChI is InChI=1S/C9H14As.HI/c1-10(2,3)9-7-5-4-6-8-9;/h4-8H,1-3H3;1H/q+1;/p-1. The average Bonchev–Trinajstić information content (AvgIpc) is 1.88. The van der Waals surface area contributed by atoms with Crippen LogP contribution in [0.15, 0.2) is 30.3 Å². The van der Waals surface area contributed by atoms with Gasteiger partial charge in [-0.05, 0) is 0 Å². The van der Waals surface area contributed by atoms with Crippen LogP contribution in [-0.2, 0) is 0 Å². The van der Waals surface area contributed by atoms with Gasteiger partial charge in [0, 0.05) is 0 Å². The predicted octanol–water partition coefficient (Wildman–Crippen LogP) is -0.764. The summed E-state index contributed by atoms with van der Waals surface area (Å²) in [5, 5.41) is 0. The molecule has 0 unspecified atom stereocenters. The van der Waals surface area contributed by atoms with Crippen molar-refractivity contribution in [3.05, 3.63) is 30.3 Å². The molecule has 0 saturated heterocycles. The minimum atomic E-state index is -1.35. The zero-order chi connectivity index (χ0) is 7.61. The molecule has 1 aromatic carbocycles. The maximum absolute atomic E-state index is 2.40. The Hall–Kier alpha value is 0.508. The first kappa shape index (κ1) is 11.5. The van der Waals surface area contributed by atoms with Crippen LogP contribution in [0.4, 0.5) is 0 Å². The van der Waals surface area contributed by atoms with E-state index < -0.39 is 13.6 Å². The summed E-state index contributed by atoms with van der Waals surface area (Å²) in [7, 11) is 0. The molecular weight excluding hydrogens is 310 g/mol. The van der Waals surface area contributed by atoms with E-state index in [-0.39, 0.29) is 24.0 Å². The van der Waals surface area contributed by atoms with Crippen LogP contribution in [0.5, 0.6) is 0 Å². The summed E-state index contributed by atoms with van der Waals surface area (Å²) < 4.78 is 1.57. The molecule has 0 N–H and O–H groups in total. The zero-order valence-electron chi connectivity index (χ0n) is 7.21. The van der Waals surface area contributed by atoms with Gasteiger partial charge in [0.25, 0.3) is 0 Å². The maximum Gasteiger partial charge on any atom is -1.00 e. The van der Waals surface area contributed by atoms with Crippen molar-refractivity contribution in [2.75, 3.05) is 0 Å². The van der Waals surface area contributed by atoms with E-state index in [1.807, 2.05) is 0 Å². The molecule has 0 aliphatic rings. The van der Waals surface area contributed by atoms with Crippen molar-refractivity contribution in [1.29, 1.82) is 0 Å². The molecule has 0 aliphatic carbocycles. The Kier molecular flexibility index (Phi) is 4.72. The van der Waals surface area contributed by atoms with Gasteiger partial charge in [-0.3, -0.25) is 0 Å². The van der Waals surface area contributed by atoms with E-state index in [4.69, 9.17) is 0 Å².